The van der Waals surface area contributed by atoms with E-state index >= 15 is 0 Å². The van der Waals surface area contributed by atoms with Gasteiger partial charge >= 0.3 is 0 Å². The Morgan fingerprint density at radius 3 is 2.65 bits per heavy atom. The number of benzene rings is 1. The van der Waals surface area contributed by atoms with Crippen LogP contribution in [0.2, 0.25) is 0 Å². The van der Waals surface area contributed by atoms with E-state index in [9.17, 15) is 4.79 Å². The van der Waals surface area contributed by atoms with Crippen LogP contribution in [0.25, 0.3) is 0 Å². The van der Waals surface area contributed by atoms with Crippen molar-refractivity contribution in [1.82, 2.24) is 9.88 Å². The number of hydrogen-bond donors (Lipinski definition) is 1. The van der Waals surface area contributed by atoms with Crippen molar-refractivity contribution in [3.05, 3.63) is 44.9 Å². The van der Waals surface area contributed by atoms with Crippen molar-refractivity contribution in [2.24, 2.45) is 0 Å². The number of thioether (sulfide) groups is 1. The predicted molar refractivity (Wildman–Crippen MR) is 113 cm³/mol. The molecule has 0 bridgehead atoms. The molecule has 1 aromatic carbocycles. The Bertz CT molecular complexity index is 779. The van der Waals surface area contributed by atoms with Crippen LogP contribution in [0.5, 0.6) is 0 Å². The number of carbonyl (C=O) groups is 1. The number of anilines is 1. The quantitative estimate of drug-likeness (QED) is 0.806. The fourth-order valence-electron chi connectivity index (χ4n) is 3.04. The molecule has 0 spiro atoms. The molecule has 0 radical (unpaired) electrons. The molecule has 2 aromatic rings. The van der Waals surface area contributed by atoms with Gasteiger partial charge in [0.15, 0.2) is 0 Å². The van der Waals surface area contributed by atoms with E-state index in [4.69, 9.17) is 0 Å². The first kappa shape index (κ1) is 19.4. The zero-order valence-corrected chi connectivity index (χ0v) is 17.6. The maximum Gasteiger partial charge on any atom is 0.267 e. The second-order valence-electron chi connectivity index (χ2n) is 7.05. The van der Waals surface area contributed by atoms with Gasteiger partial charge < -0.3 is 5.32 Å². The number of rotatable bonds is 5. The Kier molecular flexibility index (Phi) is 6.37. The molecule has 1 aliphatic heterocycles. The predicted octanol–water partition coefficient (Wildman–Crippen LogP) is 4.68. The third-order valence-electron chi connectivity index (χ3n) is 4.71. The van der Waals surface area contributed by atoms with Gasteiger partial charge in [0.2, 0.25) is 0 Å². The van der Waals surface area contributed by atoms with Gasteiger partial charge in [-0.15, -0.1) is 11.3 Å². The molecule has 140 valence electrons. The summed E-state index contributed by atoms with van der Waals surface area (Å²) >= 11 is 3.52. The van der Waals surface area contributed by atoms with Crippen LogP contribution in [-0.2, 0) is 6.54 Å². The number of carbonyl (C=O) groups excluding carboxylic acids is 1. The highest BCUT2D eigenvalue weighted by molar-refractivity contribution is 7.99. The van der Waals surface area contributed by atoms with Gasteiger partial charge in [-0.2, -0.15) is 11.8 Å². The van der Waals surface area contributed by atoms with Crippen molar-refractivity contribution >= 4 is 34.7 Å². The van der Waals surface area contributed by atoms with Crippen molar-refractivity contribution in [1.29, 1.82) is 0 Å². The molecule has 2 heterocycles. The van der Waals surface area contributed by atoms with E-state index < -0.39 is 0 Å². The number of aryl methyl sites for hydroxylation is 1. The summed E-state index contributed by atoms with van der Waals surface area (Å²) < 4.78 is 0. The number of nitrogens with one attached hydrogen (secondary N) is 1. The zero-order chi connectivity index (χ0) is 18.7. The van der Waals surface area contributed by atoms with Gasteiger partial charge in [0.1, 0.15) is 4.88 Å². The maximum atomic E-state index is 12.8. The minimum absolute atomic E-state index is 0.0541. The van der Waals surface area contributed by atoms with Crippen LogP contribution >= 0.6 is 23.1 Å². The van der Waals surface area contributed by atoms with E-state index in [0.29, 0.717) is 10.8 Å². The number of hydrogen-bond acceptors (Lipinski definition) is 5. The summed E-state index contributed by atoms with van der Waals surface area (Å²) in [4.78, 5) is 20.5. The monoisotopic (exact) mass is 389 g/mol. The molecule has 0 saturated carbocycles. The molecule has 0 aliphatic carbocycles. The van der Waals surface area contributed by atoms with Crippen molar-refractivity contribution in [2.75, 3.05) is 29.9 Å². The largest absolute Gasteiger partial charge is 0.321 e. The lowest BCUT2D eigenvalue weighted by atomic mass is 10.1. The van der Waals surface area contributed by atoms with Crippen LogP contribution < -0.4 is 5.32 Å². The van der Waals surface area contributed by atoms with Crippen LogP contribution in [0.15, 0.2) is 18.2 Å². The number of nitrogens with zero attached hydrogens (tertiary/aromatic N) is 2. The third-order valence-corrected chi connectivity index (χ3v) is 7.10. The van der Waals surface area contributed by atoms with Gasteiger partial charge in [-0.3, -0.25) is 9.69 Å². The molecule has 1 N–H and O–H groups in total. The van der Waals surface area contributed by atoms with Crippen LogP contribution in [0.4, 0.5) is 5.69 Å². The molecule has 1 fully saturated rings. The average molecular weight is 390 g/mol. The smallest absolute Gasteiger partial charge is 0.267 e. The second-order valence-corrected chi connectivity index (χ2v) is 9.31. The number of thiazole rings is 1. The summed E-state index contributed by atoms with van der Waals surface area (Å²) in [6.07, 6.45) is 0. The van der Waals surface area contributed by atoms with E-state index in [1.807, 2.05) is 30.8 Å². The molecular weight excluding hydrogens is 362 g/mol. The molecule has 0 atom stereocenters. The van der Waals surface area contributed by atoms with Gasteiger partial charge in [-0.05, 0) is 31.0 Å². The van der Waals surface area contributed by atoms with Crippen LogP contribution in [0, 0.1) is 13.8 Å². The van der Waals surface area contributed by atoms with E-state index in [0.717, 1.165) is 41.6 Å². The molecule has 6 heteroatoms. The summed E-state index contributed by atoms with van der Waals surface area (Å²) in [5, 5.41) is 4.12. The van der Waals surface area contributed by atoms with Crippen LogP contribution in [0.1, 0.15) is 51.3 Å². The van der Waals surface area contributed by atoms with Gasteiger partial charge in [0.05, 0.1) is 10.7 Å². The summed E-state index contributed by atoms with van der Waals surface area (Å²) in [6.45, 7) is 11.4. The first-order chi connectivity index (χ1) is 12.5. The maximum absolute atomic E-state index is 12.8. The van der Waals surface area contributed by atoms with E-state index in [1.54, 1.807) is 0 Å². The lowest BCUT2D eigenvalue weighted by Crippen LogP contribution is -2.32. The molecule has 4 nitrogen and oxygen atoms in total. The topological polar surface area (TPSA) is 45.2 Å². The zero-order valence-electron chi connectivity index (χ0n) is 16.0. The van der Waals surface area contributed by atoms with Crippen molar-refractivity contribution in [2.45, 2.75) is 40.2 Å². The standard InChI is InChI=1S/C20H27N3OS2/c1-13(2)20-21-15(4)18(26-20)19(24)22-17-7-5-6-16(14(17)3)12-23-8-10-25-11-9-23/h5-7,13H,8-12H2,1-4H3,(H,22,24). The summed E-state index contributed by atoms with van der Waals surface area (Å²) in [6, 6.07) is 6.19. The minimum Gasteiger partial charge on any atom is -0.321 e. The Morgan fingerprint density at radius 2 is 2.00 bits per heavy atom. The Morgan fingerprint density at radius 1 is 1.27 bits per heavy atom. The van der Waals surface area contributed by atoms with E-state index in [2.05, 4.69) is 42.0 Å². The van der Waals surface area contributed by atoms with E-state index in [-0.39, 0.29) is 5.91 Å². The summed E-state index contributed by atoms with van der Waals surface area (Å²) in [5.74, 6) is 2.70. The number of aromatic nitrogens is 1. The first-order valence-corrected chi connectivity index (χ1v) is 11.1. The lowest BCUT2D eigenvalue weighted by Gasteiger charge is -2.27. The minimum atomic E-state index is -0.0541. The van der Waals surface area contributed by atoms with Gasteiger partial charge in [-0.1, -0.05) is 26.0 Å². The van der Waals surface area contributed by atoms with Crippen molar-refractivity contribution in [3.8, 4) is 0 Å². The van der Waals surface area contributed by atoms with Crippen molar-refractivity contribution in [3.63, 3.8) is 0 Å². The lowest BCUT2D eigenvalue weighted by molar-refractivity contribution is 0.102. The molecule has 3 rings (SSSR count). The molecule has 1 aromatic heterocycles. The molecular formula is C20H27N3OS2. The Labute approximate surface area is 164 Å². The highest BCUT2D eigenvalue weighted by atomic mass is 32.2. The fraction of sp³-hybridized carbons (Fsp3) is 0.500. The van der Waals surface area contributed by atoms with Gasteiger partial charge in [0.25, 0.3) is 5.91 Å². The molecule has 1 saturated heterocycles. The Balaban J connectivity index is 1.75. The number of amides is 1. The molecule has 26 heavy (non-hydrogen) atoms. The SMILES string of the molecule is Cc1nc(C(C)C)sc1C(=O)Nc1cccc(CN2CCSCC2)c1C. The average Bonchev–Trinajstić information content (AvgIpc) is 3.01. The molecule has 1 aliphatic rings. The highest BCUT2D eigenvalue weighted by Crippen LogP contribution is 2.27. The molecule has 1 amide bonds. The van der Waals surface area contributed by atoms with Gasteiger partial charge in [0, 0.05) is 42.7 Å². The molecule has 0 unspecified atom stereocenters. The fourth-order valence-corrected chi connectivity index (χ4v) is 4.99. The van der Waals surface area contributed by atoms with E-state index in [1.165, 1.54) is 28.4 Å². The van der Waals surface area contributed by atoms with Crippen LogP contribution in [-0.4, -0.2) is 40.4 Å². The summed E-state index contributed by atoms with van der Waals surface area (Å²) in [5.41, 5.74) is 4.16. The van der Waals surface area contributed by atoms with Gasteiger partial charge in [-0.25, -0.2) is 4.98 Å². The second kappa shape index (κ2) is 8.55. The highest BCUT2D eigenvalue weighted by Gasteiger charge is 2.18. The normalized spacial score (nSPS) is 15.4. The van der Waals surface area contributed by atoms with Crippen LogP contribution in [0.3, 0.4) is 0 Å². The summed E-state index contributed by atoms with van der Waals surface area (Å²) in [7, 11) is 0. The first-order valence-electron chi connectivity index (χ1n) is 9.13. The van der Waals surface area contributed by atoms with Crippen molar-refractivity contribution < 1.29 is 4.79 Å². The Hall–Kier alpha value is -1.37. The third kappa shape index (κ3) is 4.48.